The van der Waals surface area contributed by atoms with E-state index in [0.29, 0.717) is 0 Å². The van der Waals surface area contributed by atoms with Gasteiger partial charge in [0, 0.05) is 36.9 Å². The Morgan fingerprint density at radius 2 is 1.87 bits per heavy atom. The Kier molecular flexibility index (Phi) is 2.90. The Bertz CT molecular complexity index is 393. The first-order valence-electron chi connectivity index (χ1n) is 5.36. The summed E-state index contributed by atoms with van der Waals surface area (Å²) in [6.45, 7) is 6.44. The molecule has 2 aromatic rings. The van der Waals surface area contributed by atoms with E-state index in [2.05, 4.69) is 40.1 Å². The van der Waals surface area contributed by atoms with Crippen LogP contribution in [0.2, 0.25) is 0 Å². The molecular formula is C12H17N3. The lowest BCUT2D eigenvalue weighted by Gasteiger charge is -2.09. The highest BCUT2D eigenvalue weighted by Crippen LogP contribution is 2.08. The quantitative estimate of drug-likeness (QED) is 0.748. The molecule has 0 bridgehead atoms. The standard InChI is InChI=1S/C12H17N3/c1-11-4-5-12(2)15(11)8-3-7-14-9-6-13-10-14/h4-6,9-10H,3,7-8H2,1-2H3. The number of hydrogen-bond donors (Lipinski definition) is 0. The number of hydrogen-bond acceptors (Lipinski definition) is 1. The molecule has 0 aliphatic heterocycles. The molecule has 0 aromatic carbocycles. The minimum Gasteiger partial charge on any atom is -0.349 e. The molecule has 0 unspecified atom stereocenters. The molecule has 0 saturated carbocycles. The third-order valence-corrected chi connectivity index (χ3v) is 2.77. The van der Waals surface area contributed by atoms with Crippen LogP contribution in [0.15, 0.2) is 30.9 Å². The van der Waals surface area contributed by atoms with Crippen LogP contribution in [-0.2, 0) is 13.1 Å². The molecule has 0 radical (unpaired) electrons. The smallest absolute Gasteiger partial charge is 0.0945 e. The van der Waals surface area contributed by atoms with Crippen LogP contribution in [-0.4, -0.2) is 14.1 Å². The molecule has 15 heavy (non-hydrogen) atoms. The van der Waals surface area contributed by atoms with E-state index in [-0.39, 0.29) is 0 Å². The van der Waals surface area contributed by atoms with Crippen molar-refractivity contribution in [2.45, 2.75) is 33.4 Å². The molecule has 0 N–H and O–H groups in total. The van der Waals surface area contributed by atoms with Gasteiger partial charge in [-0.1, -0.05) is 0 Å². The molecule has 0 atom stereocenters. The fourth-order valence-corrected chi connectivity index (χ4v) is 1.88. The van der Waals surface area contributed by atoms with Crippen molar-refractivity contribution < 1.29 is 0 Å². The van der Waals surface area contributed by atoms with Crippen LogP contribution in [0.4, 0.5) is 0 Å². The van der Waals surface area contributed by atoms with Gasteiger partial charge in [0.2, 0.25) is 0 Å². The molecule has 80 valence electrons. The summed E-state index contributed by atoms with van der Waals surface area (Å²) in [5.74, 6) is 0. The van der Waals surface area contributed by atoms with Gasteiger partial charge in [-0.05, 0) is 32.4 Å². The van der Waals surface area contributed by atoms with Crippen molar-refractivity contribution in [1.29, 1.82) is 0 Å². The van der Waals surface area contributed by atoms with Gasteiger partial charge in [0.15, 0.2) is 0 Å². The van der Waals surface area contributed by atoms with Crippen molar-refractivity contribution in [3.8, 4) is 0 Å². The van der Waals surface area contributed by atoms with E-state index in [9.17, 15) is 0 Å². The topological polar surface area (TPSA) is 22.8 Å². The van der Waals surface area contributed by atoms with Gasteiger partial charge in [-0.3, -0.25) is 0 Å². The number of nitrogens with zero attached hydrogens (tertiary/aromatic N) is 3. The van der Waals surface area contributed by atoms with Gasteiger partial charge in [-0.15, -0.1) is 0 Å². The summed E-state index contributed by atoms with van der Waals surface area (Å²) in [6.07, 6.45) is 6.85. The minimum absolute atomic E-state index is 1.04. The lowest BCUT2D eigenvalue weighted by molar-refractivity contribution is 0.551. The molecule has 3 nitrogen and oxygen atoms in total. The van der Waals surface area contributed by atoms with Crippen molar-refractivity contribution >= 4 is 0 Å². The fraction of sp³-hybridized carbons (Fsp3) is 0.417. The zero-order valence-electron chi connectivity index (χ0n) is 9.35. The van der Waals surface area contributed by atoms with E-state index in [0.717, 1.165) is 19.5 Å². The van der Waals surface area contributed by atoms with E-state index in [1.807, 2.05) is 18.7 Å². The average molecular weight is 203 g/mol. The first-order valence-corrected chi connectivity index (χ1v) is 5.36. The molecule has 0 aliphatic rings. The van der Waals surface area contributed by atoms with Gasteiger partial charge in [0.1, 0.15) is 0 Å². The first kappa shape index (κ1) is 10.0. The van der Waals surface area contributed by atoms with Crippen LogP contribution in [0, 0.1) is 13.8 Å². The SMILES string of the molecule is Cc1ccc(C)n1CCCn1ccnc1. The van der Waals surface area contributed by atoms with E-state index in [1.54, 1.807) is 0 Å². The van der Waals surface area contributed by atoms with Crippen molar-refractivity contribution in [2.75, 3.05) is 0 Å². The van der Waals surface area contributed by atoms with Crippen molar-refractivity contribution in [3.05, 3.63) is 42.2 Å². The van der Waals surface area contributed by atoms with Gasteiger partial charge in [-0.25, -0.2) is 4.98 Å². The molecule has 2 rings (SSSR count). The average Bonchev–Trinajstić information content (AvgIpc) is 2.82. The third-order valence-electron chi connectivity index (χ3n) is 2.77. The van der Waals surface area contributed by atoms with Crippen molar-refractivity contribution in [3.63, 3.8) is 0 Å². The summed E-state index contributed by atoms with van der Waals surface area (Å²) in [5, 5.41) is 0. The van der Waals surface area contributed by atoms with Crippen LogP contribution in [0.1, 0.15) is 17.8 Å². The predicted molar refractivity (Wildman–Crippen MR) is 60.8 cm³/mol. The molecule has 0 spiro atoms. The molecule has 0 amide bonds. The number of rotatable bonds is 4. The maximum absolute atomic E-state index is 4.03. The van der Waals surface area contributed by atoms with Crippen molar-refractivity contribution in [1.82, 2.24) is 14.1 Å². The normalized spacial score (nSPS) is 10.8. The van der Waals surface area contributed by atoms with E-state index in [4.69, 9.17) is 0 Å². The van der Waals surface area contributed by atoms with E-state index in [1.165, 1.54) is 11.4 Å². The van der Waals surface area contributed by atoms with Crippen molar-refractivity contribution in [2.24, 2.45) is 0 Å². The zero-order chi connectivity index (χ0) is 10.7. The molecule has 2 heterocycles. The highest BCUT2D eigenvalue weighted by atomic mass is 15.0. The Labute approximate surface area is 90.4 Å². The lowest BCUT2D eigenvalue weighted by Crippen LogP contribution is -2.05. The second kappa shape index (κ2) is 4.34. The summed E-state index contributed by atoms with van der Waals surface area (Å²) >= 11 is 0. The van der Waals surface area contributed by atoms with Crippen LogP contribution in [0.25, 0.3) is 0 Å². The Morgan fingerprint density at radius 1 is 1.13 bits per heavy atom. The van der Waals surface area contributed by atoms with Crippen LogP contribution in [0.3, 0.4) is 0 Å². The minimum atomic E-state index is 1.04. The number of aryl methyl sites for hydroxylation is 3. The van der Waals surface area contributed by atoms with Gasteiger partial charge < -0.3 is 9.13 Å². The molecule has 2 aromatic heterocycles. The molecule has 0 saturated heterocycles. The first-order chi connectivity index (χ1) is 7.27. The summed E-state index contributed by atoms with van der Waals surface area (Å²) < 4.78 is 4.48. The summed E-state index contributed by atoms with van der Waals surface area (Å²) in [5.41, 5.74) is 2.69. The number of aromatic nitrogens is 3. The van der Waals surface area contributed by atoms with Crippen LogP contribution >= 0.6 is 0 Å². The summed E-state index contributed by atoms with van der Waals surface area (Å²) in [6, 6.07) is 4.35. The van der Waals surface area contributed by atoms with Gasteiger partial charge in [0.25, 0.3) is 0 Å². The predicted octanol–water partition coefficient (Wildman–Crippen LogP) is 2.39. The molecule has 0 aliphatic carbocycles. The maximum atomic E-state index is 4.03. The second-order valence-electron chi connectivity index (χ2n) is 3.92. The van der Waals surface area contributed by atoms with Gasteiger partial charge in [0.05, 0.1) is 6.33 Å². The van der Waals surface area contributed by atoms with Crippen LogP contribution in [0.5, 0.6) is 0 Å². The second-order valence-corrected chi connectivity index (χ2v) is 3.92. The summed E-state index contributed by atoms with van der Waals surface area (Å²) in [4.78, 5) is 4.03. The Balaban J connectivity index is 1.89. The van der Waals surface area contributed by atoms with Gasteiger partial charge in [-0.2, -0.15) is 0 Å². The van der Waals surface area contributed by atoms with E-state index >= 15 is 0 Å². The monoisotopic (exact) mass is 203 g/mol. The third kappa shape index (κ3) is 2.29. The van der Waals surface area contributed by atoms with Gasteiger partial charge >= 0.3 is 0 Å². The largest absolute Gasteiger partial charge is 0.349 e. The highest BCUT2D eigenvalue weighted by Gasteiger charge is 2.00. The fourth-order valence-electron chi connectivity index (χ4n) is 1.88. The van der Waals surface area contributed by atoms with E-state index < -0.39 is 0 Å². The zero-order valence-corrected chi connectivity index (χ0v) is 9.35. The Hall–Kier alpha value is -1.51. The molecule has 3 heteroatoms. The highest BCUT2D eigenvalue weighted by molar-refractivity contribution is 5.13. The molecular weight excluding hydrogens is 186 g/mol. The number of imidazole rings is 1. The Morgan fingerprint density at radius 3 is 2.47 bits per heavy atom. The summed E-state index contributed by atoms with van der Waals surface area (Å²) in [7, 11) is 0. The van der Waals surface area contributed by atoms with Crippen LogP contribution < -0.4 is 0 Å². The molecule has 0 fully saturated rings. The lowest BCUT2D eigenvalue weighted by atomic mass is 10.4. The maximum Gasteiger partial charge on any atom is 0.0945 e.